The van der Waals surface area contributed by atoms with Gasteiger partial charge in [-0.15, -0.1) is 0 Å². The van der Waals surface area contributed by atoms with E-state index in [0.717, 1.165) is 36.7 Å². The van der Waals surface area contributed by atoms with Gasteiger partial charge in [-0.05, 0) is 90.9 Å². The zero-order valence-corrected chi connectivity index (χ0v) is 14.3. The predicted octanol–water partition coefficient (Wildman–Crippen LogP) is 4.95. The molecule has 23 heavy (non-hydrogen) atoms. The molecule has 2 fully saturated rings. The maximum absolute atomic E-state index is 10.2. The molecule has 2 unspecified atom stereocenters. The van der Waals surface area contributed by atoms with Crippen LogP contribution in [0.3, 0.4) is 0 Å². The van der Waals surface area contributed by atoms with Gasteiger partial charge in [-0.2, -0.15) is 5.26 Å². The summed E-state index contributed by atoms with van der Waals surface area (Å²) in [7, 11) is 0. The van der Waals surface area contributed by atoms with E-state index in [1.54, 1.807) is 0 Å². The molecule has 0 aromatic heterocycles. The molecule has 1 aromatic carbocycles. The van der Waals surface area contributed by atoms with E-state index in [-0.39, 0.29) is 11.3 Å². The fourth-order valence-corrected chi connectivity index (χ4v) is 6.15. The van der Waals surface area contributed by atoms with Gasteiger partial charge < -0.3 is 5.11 Å². The second kappa shape index (κ2) is 5.26. The number of benzene rings is 1. The number of fused-ring (bicyclic) bond motifs is 5. The Morgan fingerprint density at radius 2 is 2.09 bits per heavy atom. The first-order chi connectivity index (χ1) is 11.1. The molecule has 0 bridgehead atoms. The zero-order chi connectivity index (χ0) is 16.2. The Labute approximate surface area is 139 Å². The molecule has 0 amide bonds. The van der Waals surface area contributed by atoms with Crippen LogP contribution in [0.25, 0.3) is 0 Å². The second-order valence-electron chi connectivity index (χ2n) is 8.25. The number of nitrogens with zero attached hydrogens (tertiary/aromatic N) is 1. The van der Waals surface area contributed by atoms with Crippen LogP contribution in [-0.2, 0) is 12.8 Å². The lowest BCUT2D eigenvalue weighted by molar-refractivity contribution is 0.0427. The van der Waals surface area contributed by atoms with Crippen molar-refractivity contribution in [1.29, 1.82) is 5.26 Å². The minimum absolute atomic E-state index is 0.248. The average molecular weight is 309 g/mol. The smallest absolute Gasteiger partial charge is 0.119 e. The normalized spacial score (nSPS) is 38.3. The van der Waals surface area contributed by atoms with Crippen molar-refractivity contribution in [2.24, 2.45) is 23.2 Å². The molecule has 5 atom stereocenters. The summed E-state index contributed by atoms with van der Waals surface area (Å²) in [6.07, 6.45) is 7.98. The zero-order valence-electron chi connectivity index (χ0n) is 14.3. The maximum atomic E-state index is 10.2. The summed E-state index contributed by atoms with van der Waals surface area (Å²) in [5.41, 5.74) is 4.23. The molecule has 2 saturated carbocycles. The molecule has 122 valence electrons. The highest BCUT2D eigenvalue weighted by molar-refractivity contribution is 5.45. The first-order valence-corrected chi connectivity index (χ1v) is 9.32. The molecule has 3 aliphatic rings. The lowest BCUT2D eigenvalue weighted by atomic mass is 9.54. The van der Waals surface area contributed by atoms with Gasteiger partial charge in [0, 0.05) is 0 Å². The van der Waals surface area contributed by atoms with Crippen LogP contribution in [0.1, 0.15) is 68.6 Å². The summed E-state index contributed by atoms with van der Waals surface area (Å²) in [5, 5.41) is 19.7. The minimum atomic E-state index is 0.248. The Bertz CT molecular complexity index is 673. The Morgan fingerprint density at radius 3 is 2.83 bits per heavy atom. The van der Waals surface area contributed by atoms with Crippen LogP contribution in [-0.4, -0.2) is 5.11 Å². The standard InChI is InChI=1S/C21H27NO/c1-3-13-10-18-14(11-20(13)23)4-6-17-16(18)8-9-21(2)15(12-22)5-7-19(17)21/h10-11,15-17,19,23H,3-9H2,1-2H3/t15-,16?,17?,19+,21-/m1/s1. The summed E-state index contributed by atoms with van der Waals surface area (Å²) in [5.74, 6) is 2.86. The molecule has 0 saturated heterocycles. The molecule has 4 rings (SSSR count). The minimum Gasteiger partial charge on any atom is -0.508 e. The Hall–Kier alpha value is -1.49. The van der Waals surface area contributed by atoms with Gasteiger partial charge in [0.05, 0.1) is 12.0 Å². The third kappa shape index (κ3) is 2.05. The number of hydrogen-bond donors (Lipinski definition) is 1. The van der Waals surface area contributed by atoms with E-state index in [1.165, 1.54) is 36.8 Å². The highest BCUT2D eigenvalue weighted by atomic mass is 16.3. The Morgan fingerprint density at radius 1 is 1.26 bits per heavy atom. The highest BCUT2D eigenvalue weighted by Crippen LogP contribution is 2.62. The lowest BCUT2D eigenvalue weighted by Crippen LogP contribution is -2.42. The average Bonchev–Trinajstić information content (AvgIpc) is 2.90. The third-order valence-electron chi connectivity index (χ3n) is 7.46. The van der Waals surface area contributed by atoms with Crippen LogP contribution in [0.4, 0.5) is 0 Å². The lowest BCUT2D eigenvalue weighted by Gasteiger charge is -2.50. The van der Waals surface area contributed by atoms with Crippen LogP contribution < -0.4 is 0 Å². The van der Waals surface area contributed by atoms with Crippen molar-refractivity contribution in [2.45, 2.75) is 64.7 Å². The van der Waals surface area contributed by atoms with Gasteiger partial charge in [0.15, 0.2) is 0 Å². The van der Waals surface area contributed by atoms with E-state index in [4.69, 9.17) is 0 Å². The molecule has 1 N–H and O–H groups in total. The highest BCUT2D eigenvalue weighted by Gasteiger charge is 2.54. The summed E-state index contributed by atoms with van der Waals surface area (Å²) in [6.45, 7) is 4.51. The van der Waals surface area contributed by atoms with Crippen LogP contribution >= 0.6 is 0 Å². The van der Waals surface area contributed by atoms with Crippen molar-refractivity contribution in [1.82, 2.24) is 0 Å². The van der Waals surface area contributed by atoms with Crippen molar-refractivity contribution in [3.05, 3.63) is 28.8 Å². The monoisotopic (exact) mass is 309 g/mol. The van der Waals surface area contributed by atoms with E-state index >= 15 is 0 Å². The topological polar surface area (TPSA) is 44.0 Å². The van der Waals surface area contributed by atoms with Gasteiger partial charge in [0.2, 0.25) is 0 Å². The van der Waals surface area contributed by atoms with E-state index in [1.807, 2.05) is 6.07 Å². The maximum Gasteiger partial charge on any atom is 0.119 e. The van der Waals surface area contributed by atoms with Gasteiger partial charge >= 0.3 is 0 Å². The third-order valence-corrected chi connectivity index (χ3v) is 7.46. The molecule has 0 heterocycles. The first kappa shape index (κ1) is 15.1. The van der Waals surface area contributed by atoms with Crippen molar-refractivity contribution in [3.8, 4) is 11.8 Å². The van der Waals surface area contributed by atoms with Crippen molar-refractivity contribution in [2.75, 3.05) is 0 Å². The van der Waals surface area contributed by atoms with Gasteiger partial charge in [0.1, 0.15) is 5.75 Å². The SMILES string of the molecule is CCc1cc2c(cc1O)CCC1C2CC[C@]2(C)[C@@H](C#N)CC[C@@H]12. The molecule has 0 spiro atoms. The molecule has 0 radical (unpaired) electrons. The quantitative estimate of drug-likeness (QED) is 0.797. The summed E-state index contributed by atoms with van der Waals surface area (Å²) < 4.78 is 0. The van der Waals surface area contributed by atoms with Crippen molar-refractivity contribution >= 4 is 0 Å². The fraction of sp³-hybridized carbons (Fsp3) is 0.667. The number of aromatic hydroxyl groups is 1. The van der Waals surface area contributed by atoms with Gasteiger partial charge in [0.25, 0.3) is 0 Å². The van der Waals surface area contributed by atoms with Crippen molar-refractivity contribution < 1.29 is 5.11 Å². The molecule has 3 aliphatic carbocycles. The largest absolute Gasteiger partial charge is 0.508 e. The summed E-state index contributed by atoms with van der Waals surface area (Å²) >= 11 is 0. The van der Waals surface area contributed by atoms with E-state index in [0.29, 0.717) is 11.7 Å². The number of phenols is 1. The molecule has 2 nitrogen and oxygen atoms in total. The van der Waals surface area contributed by atoms with E-state index in [9.17, 15) is 10.4 Å². The summed E-state index contributed by atoms with van der Waals surface area (Å²) in [6, 6.07) is 6.94. The van der Waals surface area contributed by atoms with Crippen LogP contribution in [0.2, 0.25) is 0 Å². The van der Waals surface area contributed by atoms with Crippen LogP contribution in [0.15, 0.2) is 12.1 Å². The number of aryl methyl sites for hydroxylation is 2. The summed E-state index contributed by atoms with van der Waals surface area (Å²) in [4.78, 5) is 0. The van der Waals surface area contributed by atoms with Gasteiger partial charge in [-0.25, -0.2) is 0 Å². The van der Waals surface area contributed by atoms with Gasteiger partial charge in [-0.1, -0.05) is 19.9 Å². The van der Waals surface area contributed by atoms with Crippen LogP contribution in [0.5, 0.6) is 5.75 Å². The molecular weight excluding hydrogens is 282 g/mol. The molecule has 1 aromatic rings. The number of nitriles is 1. The van der Waals surface area contributed by atoms with Crippen LogP contribution in [0, 0.1) is 34.5 Å². The van der Waals surface area contributed by atoms with Crippen molar-refractivity contribution in [3.63, 3.8) is 0 Å². The van der Waals surface area contributed by atoms with Gasteiger partial charge in [-0.3, -0.25) is 0 Å². The molecule has 0 aliphatic heterocycles. The Balaban J connectivity index is 1.72. The predicted molar refractivity (Wildman–Crippen MR) is 91.2 cm³/mol. The number of phenolic OH excluding ortho intramolecular Hbond substituents is 1. The Kier molecular flexibility index (Phi) is 3.45. The first-order valence-electron chi connectivity index (χ1n) is 9.32. The number of rotatable bonds is 1. The fourth-order valence-electron chi connectivity index (χ4n) is 6.15. The molecule has 2 heteroatoms. The number of hydrogen-bond acceptors (Lipinski definition) is 2. The van der Waals surface area contributed by atoms with E-state index < -0.39 is 0 Å². The second-order valence-corrected chi connectivity index (χ2v) is 8.25. The van der Waals surface area contributed by atoms with E-state index in [2.05, 4.69) is 26.0 Å². The molecular formula is C21H27NO.